The molecule has 5 N–H and O–H groups in total. The standard InChI is InChI=1S/C48H92N2O5/c1-3-5-7-9-11-13-15-17-19-21-23-25-27-29-31-33-38-54-42-44(51)40-49-46-36-35-37-47(53)48(46)50-41-45(52)43-55-39-34-32-30-28-26-24-22-20-18-16-14-12-10-8-6-4-2/h35-37,44-45,49-53H,3-34,38-43H2,1-2H3. The summed E-state index contributed by atoms with van der Waals surface area (Å²) in [4.78, 5) is 0. The Balaban J connectivity index is 1.98. The van der Waals surface area contributed by atoms with Crippen LogP contribution in [0.5, 0.6) is 5.75 Å². The van der Waals surface area contributed by atoms with Crippen molar-refractivity contribution < 1.29 is 24.8 Å². The Kier molecular flexibility index (Phi) is 38.0. The number of phenols is 1. The van der Waals surface area contributed by atoms with Gasteiger partial charge in [0.15, 0.2) is 0 Å². The summed E-state index contributed by atoms with van der Waals surface area (Å²) in [5.74, 6) is 0.0977. The van der Waals surface area contributed by atoms with Gasteiger partial charge in [-0.2, -0.15) is 0 Å². The Morgan fingerprint density at radius 2 is 0.745 bits per heavy atom. The summed E-state index contributed by atoms with van der Waals surface area (Å²) >= 11 is 0. The van der Waals surface area contributed by atoms with Crippen molar-refractivity contribution in [2.45, 2.75) is 232 Å². The van der Waals surface area contributed by atoms with E-state index in [-0.39, 0.29) is 25.5 Å². The lowest BCUT2D eigenvalue weighted by atomic mass is 10.0. The highest BCUT2D eigenvalue weighted by Gasteiger charge is 2.12. The Hall–Kier alpha value is -1.54. The SMILES string of the molecule is CCCCCCCCCCCCCCCCCCOCC(O)CNc1cccc(O)c1NCC(O)COCCCCCCCCCCCCCCCCCC. The minimum Gasteiger partial charge on any atom is -0.506 e. The quantitative estimate of drug-likeness (QED) is 0.0332. The van der Waals surface area contributed by atoms with Crippen LogP contribution in [0.1, 0.15) is 219 Å². The first-order valence-corrected chi connectivity index (χ1v) is 23.9. The number of ether oxygens (including phenoxy) is 2. The third-order valence-corrected chi connectivity index (χ3v) is 11.0. The highest BCUT2D eigenvalue weighted by molar-refractivity contribution is 5.75. The molecule has 0 fully saturated rings. The molecule has 0 aromatic heterocycles. The molecule has 0 spiro atoms. The van der Waals surface area contributed by atoms with E-state index in [2.05, 4.69) is 24.5 Å². The maximum atomic E-state index is 10.5. The summed E-state index contributed by atoms with van der Waals surface area (Å²) in [5, 5.41) is 37.8. The molecular weight excluding hydrogens is 685 g/mol. The predicted molar refractivity (Wildman–Crippen MR) is 238 cm³/mol. The number of aliphatic hydroxyl groups is 2. The lowest BCUT2D eigenvalue weighted by Crippen LogP contribution is -2.27. The average Bonchev–Trinajstić information content (AvgIpc) is 3.18. The van der Waals surface area contributed by atoms with Gasteiger partial charge in [0.25, 0.3) is 0 Å². The number of phenolic OH excluding ortho intramolecular Hbond substituents is 1. The van der Waals surface area contributed by atoms with E-state index in [1.807, 2.05) is 6.07 Å². The molecule has 1 aromatic rings. The van der Waals surface area contributed by atoms with Gasteiger partial charge in [-0.15, -0.1) is 0 Å². The highest BCUT2D eigenvalue weighted by atomic mass is 16.5. The summed E-state index contributed by atoms with van der Waals surface area (Å²) in [5.41, 5.74) is 1.19. The number of aromatic hydroxyl groups is 1. The van der Waals surface area contributed by atoms with Gasteiger partial charge in [-0.05, 0) is 25.0 Å². The van der Waals surface area contributed by atoms with Crippen molar-refractivity contribution in [2.24, 2.45) is 0 Å². The first kappa shape index (κ1) is 51.5. The number of nitrogens with one attached hydrogen (secondary N) is 2. The van der Waals surface area contributed by atoms with Gasteiger partial charge in [0.1, 0.15) is 11.4 Å². The minimum absolute atomic E-state index is 0.0977. The Morgan fingerprint density at radius 3 is 1.09 bits per heavy atom. The van der Waals surface area contributed by atoms with Crippen molar-refractivity contribution in [3.63, 3.8) is 0 Å². The van der Waals surface area contributed by atoms with Crippen molar-refractivity contribution in [1.29, 1.82) is 0 Å². The van der Waals surface area contributed by atoms with Crippen LogP contribution in [0.15, 0.2) is 18.2 Å². The van der Waals surface area contributed by atoms with Gasteiger partial charge in [0, 0.05) is 26.3 Å². The zero-order chi connectivity index (χ0) is 39.7. The fourth-order valence-electron chi connectivity index (χ4n) is 7.38. The number of anilines is 2. The smallest absolute Gasteiger partial charge is 0.140 e. The summed E-state index contributed by atoms with van der Waals surface area (Å²) < 4.78 is 11.5. The largest absolute Gasteiger partial charge is 0.506 e. The summed E-state index contributed by atoms with van der Waals surface area (Å²) in [6, 6.07) is 5.23. The number of benzene rings is 1. The molecule has 324 valence electrons. The van der Waals surface area contributed by atoms with E-state index in [0.29, 0.717) is 31.1 Å². The average molecular weight is 777 g/mol. The van der Waals surface area contributed by atoms with Crippen molar-refractivity contribution in [3.8, 4) is 5.75 Å². The lowest BCUT2D eigenvalue weighted by molar-refractivity contribution is 0.0414. The third kappa shape index (κ3) is 34.2. The van der Waals surface area contributed by atoms with Gasteiger partial charge in [-0.3, -0.25) is 0 Å². The molecule has 0 aliphatic carbocycles. The zero-order valence-electron chi connectivity index (χ0n) is 36.4. The van der Waals surface area contributed by atoms with Gasteiger partial charge in [-0.1, -0.05) is 213 Å². The van der Waals surface area contributed by atoms with E-state index < -0.39 is 12.2 Å². The molecule has 7 heteroatoms. The molecule has 55 heavy (non-hydrogen) atoms. The zero-order valence-corrected chi connectivity index (χ0v) is 36.4. The van der Waals surface area contributed by atoms with Crippen LogP contribution in [0.25, 0.3) is 0 Å². The summed E-state index contributed by atoms with van der Waals surface area (Å²) in [6.45, 7) is 7.01. The normalized spacial score (nSPS) is 12.7. The first-order valence-electron chi connectivity index (χ1n) is 23.9. The summed E-state index contributed by atoms with van der Waals surface area (Å²) in [7, 11) is 0. The molecule has 0 heterocycles. The van der Waals surface area contributed by atoms with E-state index in [4.69, 9.17) is 9.47 Å². The topological polar surface area (TPSA) is 103 Å². The second kappa shape index (κ2) is 40.6. The molecule has 0 bridgehead atoms. The fraction of sp³-hybridized carbons (Fsp3) is 0.875. The molecule has 2 atom stereocenters. The number of aliphatic hydroxyl groups excluding tert-OH is 2. The van der Waals surface area contributed by atoms with E-state index in [1.54, 1.807) is 12.1 Å². The second-order valence-electron chi connectivity index (χ2n) is 16.5. The molecular formula is C48H92N2O5. The molecule has 0 aliphatic heterocycles. The van der Waals surface area contributed by atoms with Crippen molar-refractivity contribution in [1.82, 2.24) is 0 Å². The van der Waals surface area contributed by atoms with Crippen molar-refractivity contribution >= 4 is 11.4 Å². The number of para-hydroxylation sites is 1. The Labute approximate surface area is 340 Å². The van der Waals surface area contributed by atoms with Crippen LogP contribution in [0, 0.1) is 0 Å². The third-order valence-electron chi connectivity index (χ3n) is 11.0. The van der Waals surface area contributed by atoms with E-state index >= 15 is 0 Å². The number of hydrogen-bond donors (Lipinski definition) is 5. The van der Waals surface area contributed by atoms with Crippen LogP contribution in [-0.4, -0.2) is 67.0 Å². The maximum absolute atomic E-state index is 10.5. The van der Waals surface area contributed by atoms with Crippen LogP contribution >= 0.6 is 0 Å². The minimum atomic E-state index is -0.683. The lowest BCUT2D eigenvalue weighted by Gasteiger charge is -2.19. The first-order chi connectivity index (χ1) is 27.1. The van der Waals surface area contributed by atoms with Gasteiger partial charge in [-0.25, -0.2) is 0 Å². The molecule has 7 nitrogen and oxygen atoms in total. The van der Waals surface area contributed by atoms with Crippen molar-refractivity contribution in [2.75, 3.05) is 50.2 Å². The number of hydrogen-bond acceptors (Lipinski definition) is 7. The summed E-state index contributed by atoms with van der Waals surface area (Å²) in [6.07, 6.45) is 41.8. The molecule has 0 saturated carbocycles. The molecule has 0 aliphatic rings. The van der Waals surface area contributed by atoms with Gasteiger partial charge in [0.05, 0.1) is 31.1 Å². The van der Waals surface area contributed by atoms with Crippen LogP contribution in [0.4, 0.5) is 11.4 Å². The van der Waals surface area contributed by atoms with Crippen LogP contribution in [0.3, 0.4) is 0 Å². The molecule has 0 saturated heterocycles. The molecule has 0 radical (unpaired) electrons. The predicted octanol–water partition coefficient (Wildman–Crippen LogP) is 13.5. The Morgan fingerprint density at radius 1 is 0.436 bits per heavy atom. The second-order valence-corrected chi connectivity index (χ2v) is 16.5. The Bertz CT molecular complexity index is 918. The van der Waals surface area contributed by atoms with Crippen LogP contribution in [-0.2, 0) is 9.47 Å². The van der Waals surface area contributed by atoms with Gasteiger partial charge in [0.2, 0.25) is 0 Å². The highest BCUT2D eigenvalue weighted by Crippen LogP contribution is 2.31. The molecule has 2 unspecified atom stereocenters. The van der Waals surface area contributed by atoms with Crippen LogP contribution < -0.4 is 10.6 Å². The number of rotatable bonds is 44. The number of unbranched alkanes of at least 4 members (excludes halogenated alkanes) is 30. The van der Waals surface area contributed by atoms with Crippen molar-refractivity contribution in [3.05, 3.63) is 18.2 Å². The fourth-order valence-corrected chi connectivity index (χ4v) is 7.38. The van der Waals surface area contributed by atoms with E-state index in [0.717, 1.165) is 12.8 Å². The van der Waals surface area contributed by atoms with Gasteiger partial charge < -0.3 is 35.4 Å². The van der Waals surface area contributed by atoms with Gasteiger partial charge >= 0.3 is 0 Å². The molecule has 0 amide bonds. The van der Waals surface area contributed by atoms with Crippen LogP contribution in [0.2, 0.25) is 0 Å². The van der Waals surface area contributed by atoms with E-state index in [1.165, 1.54) is 193 Å². The molecule has 1 rings (SSSR count). The molecule has 1 aromatic carbocycles. The van der Waals surface area contributed by atoms with E-state index in [9.17, 15) is 15.3 Å². The maximum Gasteiger partial charge on any atom is 0.140 e. The monoisotopic (exact) mass is 777 g/mol.